The molecular weight excluding hydrogens is 236 g/mol. The molecule has 2 aromatic rings. The molecule has 3 N–H and O–H groups in total. The van der Waals surface area contributed by atoms with E-state index in [9.17, 15) is 0 Å². The van der Waals surface area contributed by atoms with E-state index in [-0.39, 0.29) is 5.41 Å². The Hall–Kier alpha value is -1.55. The van der Waals surface area contributed by atoms with Gasteiger partial charge in [0.15, 0.2) is 0 Å². The molecule has 1 aromatic carbocycles. The molecule has 0 amide bonds. The predicted octanol–water partition coefficient (Wildman–Crippen LogP) is 2.67. The number of rotatable bonds is 5. The van der Waals surface area contributed by atoms with Crippen LogP contribution in [0, 0.1) is 12.3 Å². The van der Waals surface area contributed by atoms with Gasteiger partial charge in [-0.1, -0.05) is 13.8 Å². The number of aryl methyl sites for hydroxylation is 2. The number of hydrogen-bond acceptors (Lipinski definition) is 3. The second kappa shape index (κ2) is 5.21. The van der Waals surface area contributed by atoms with E-state index in [0.717, 1.165) is 30.0 Å². The maximum Gasteiger partial charge on any atom is 0.106 e. The molecule has 0 bridgehead atoms. The van der Waals surface area contributed by atoms with Crippen LogP contribution in [0.1, 0.15) is 26.1 Å². The number of nitrogens with two attached hydrogens (primary N) is 1. The minimum absolute atomic E-state index is 0.193. The van der Waals surface area contributed by atoms with Gasteiger partial charge in [-0.2, -0.15) is 0 Å². The van der Waals surface area contributed by atoms with E-state index in [2.05, 4.69) is 46.9 Å². The third-order valence-corrected chi connectivity index (χ3v) is 3.79. The molecule has 0 aliphatic heterocycles. The highest BCUT2D eigenvalue weighted by Crippen LogP contribution is 2.21. The number of hydrogen-bond donors (Lipinski definition) is 2. The van der Waals surface area contributed by atoms with Gasteiger partial charge in [0.05, 0.1) is 11.0 Å². The molecule has 0 radical (unpaired) electrons. The van der Waals surface area contributed by atoms with Crippen LogP contribution in [0.4, 0.5) is 5.69 Å². The van der Waals surface area contributed by atoms with Gasteiger partial charge in [0.25, 0.3) is 0 Å². The molecule has 0 unspecified atom stereocenters. The van der Waals surface area contributed by atoms with E-state index in [0.29, 0.717) is 6.54 Å². The Kier molecular flexibility index (Phi) is 3.80. The third kappa shape index (κ3) is 3.07. The van der Waals surface area contributed by atoms with E-state index in [1.165, 1.54) is 5.52 Å². The highest BCUT2D eigenvalue weighted by molar-refractivity contribution is 5.80. The molecule has 4 nitrogen and oxygen atoms in total. The van der Waals surface area contributed by atoms with Gasteiger partial charge in [-0.15, -0.1) is 0 Å². The first kappa shape index (κ1) is 13.9. The van der Waals surface area contributed by atoms with Gasteiger partial charge in [-0.05, 0) is 43.5 Å². The number of nitrogens with one attached hydrogen (secondary N) is 1. The van der Waals surface area contributed by atoms with Gasteiger partial charge in [0, 0.05) is 19.3 Å². The van der Waals surface area contributed by atoms with Crippen LogP contribution in [-0.2, 0) is 7.05 Å². The quantitative estimate of drug-likeness (QED) is 0.869. The van der Waals surface area contributed by atoms with Crippen LogP contribution in [0.15, 0.2) is 18.2 Å². The van der Waals surface area contributed by atoms with E-state index in [4.69, 9.17) is 5.73 Å². The molecule has 0 aliphatic carbocycles. The first-order valence-electron chi connectivity index (χ1n) is 6.80. The van der Waals surface area contributed by atoms with Crippen LogP contribution in [0.2, 0.25) is 0 Å². The molecule has 0 spiro atoms. The molecule has 1 heterocycles. The van der Waals surface area contributed by atoms with Crippen LogP contribution >= 0.6 is 0 Å². The SMILES string of the molecule is Cc1nc2cc(NCCC(C)(C)CN)ccc2n1C. The summed E-state index contributed by atoms with van der Waals surface area (Å²) in [6, 6.07) is 6.34. The molecule has 4 heteroatoms. The fourth-order valence-corrected chi connectivity index (χ4v) is 2.08. The van der Waals surface area contributed by atoms with Crippen LogP contribution in [0.5, 0.6) is 0 Å². The predicted molar refractivity (Wildman–Crippen MR) is 81.4 cm³/mol. The van der Waals surface area contributed by atoms with Gasteiger partial charge in [0.2, 0.25) is 0 Å². The molecule has 1 aromatic heterocycles. The number of imidazole rings is 1. The third-order valence-electron chi connectivity index (χ3n) is 3.79. The van der Waals surface area contributed by atoms with Crippen molar-refractivity contribution in [3.05, 3.63) is 24.0 Å². The van der Waals surface area contributed by atoms with Crippen molar-refractivity contribution in [3.8, 4) is 0 Å². The molecule has 0 saturated heterocycles. The lowest BCUT2D eigenvalue weighted by atomic mass is 9.90. The normalized spacial score (nSPS) is 12.1. The maximum absolute atomic E-state index is 5.74. The average Bonchev–Trinajstić information content (AvgIpc) is 2.65. The van der Waals surface area contributed by atoms with Gasteiger partial charge < -0.3 is 15.6 Å². The molecule has 0 fully saturated rings. The standard InChI is InChI=1S/C15H24N4/c1-11-18-13-9-12(5-6-14(13)19(11)4)17-8-7-15(2,3)10-16/h5-6,9,17H,7-8,10,16H2,1-4H3. The highest BCUT2D eigenvalue weighted by atomic mass is 15.0. The zero-order chi connectivity index (χ0) is 14.0. The molecule has 0 saturated carbocycles. The zero-order valence-corrected chi connectivity index (χ0v) is 12.3. The van der Waals surface area contributed by atoms with Crippen molar-refractivity contribution in [2.75, 3.05) is 18.4 Å². The van der Waals surface area contributed by atoms with Crippen molar-refractivity contribution in [2.45, 2.75) is 27.2 Å². The lowest BCUT2D eigenvalue weighted by Gasteiger charge is -2.22. The monoisotopic (exact) mass is 260 g/mol. The fraction of sp³-hybridized carbons (Fsp3) is 0.533. The van der Waals surface area contributed by atoms with Crippen molar-refractivity contribution in [1.29, 1.82) is 0 Å². The lowest BCUT2D eigenvalue weighted by Crippen LogP contribution is -2.26. The van der Waals surface area contributed by atoms with Gasteiger partial charge in [0.1, 0.15) is 5.82 Å². The van der Waals surface area contributed by atoms with Crippen molar-refractivity contribution < 1.29 is 0 Å². The summed E-state index contributed by atoms with van der Waals surface area (Å²) in [7, 11) is 2.04. The first-order chi connectivity index (χ1) is 8.93. The zero-order valence-electron chi connectivity index (χ0n) is 12.3. The Morgan fingerprint density at radius 3 is 2.79 bits per heavy atom. The van der Waals surface area contributed by atoms with E-state index < -0.39 is 0 Å². The van der Waals surface area contributed by atoms with E-state index >= 15 is 0 Å². The average molecular weight is 260 g/mol. The number of anilines is 1. The van der Waals surface area contributed by atoms with Crippen molar-refractivity contribution in [3.63, 3.8) is 0 Å². The number of nitrogens with zero attached hydrogens (tertiary/aromatic N) is 2. The Labute approximate surface area is 115 Å². The minimum Gasteiger partial charge on any atom is -0.385 e. The van der Waals surface area contributed by atoms with Crippen molar-refractivity contribution in [1.82, 2.24) is 9.55 Å². The van der Waals surface area contributed by atoms with E-state index in [1.807, 2.05) is 14.0 Å². The summed E-state index contributed by atoms with van der Waals surface area (Å²) >= 11 is 0. The largest absolute Gasteiger partial charge is 0.385 e. The summed E-state index contributed by atoms with van der Waals surface area (Å²) in [6.07, 6.45) is 1.06. The van der Waals surface area contributed by atoms with Crippen LogP contribution in [0.3, 0.4) is 0 Å². The number of fused-ring (bicyclic) bond motifs is 1. The second-order valence-corrected chi connectivity index (χ2v) is 5.97. The Bertz CT molecular complexity index is 569. The molecule has 2 rings (SSSR count). The minimum atomic E-state index is 0.193. The van der Waals surface area contributed by atoms with Crippen LogP contribution < -0.4 is 11.1 Å². The number of benzene rings is 1. The first-order valence-corrected chi connectivity index (χ1v) is 6.80. The topological polar surface area (TPSA) is 55.9 Å². The molecule has 0 aliphatic rings. The Morgan fingerprint density at radius 2 is 2.11 bits per heavy atom. The maximum atomic E-state index is 5.74. The summed E-state index contributed by atoms with van der Waals surface area (Å²) < 4.78 is 2.11. The Morgan fingerprint density at radius 1 is 1.37 bits per heavy atom. The summed E-state index contributed by atoms with van der Waals surface area (Å²) in [5, 5.41) is 3.45. The van der Waals surface area contributed by atoms with Crippen LogP contribution in [0.25, 0.3) is 11.0 Å². The smallest absolute Gasteiger partial charge is 0.106 e. The van der Waals surface area contributed by atoms with Crippen LogP contribution in [-0.4, -0.2) is 22.6 Å². The summed E-state index contributed by atoms with van der Waals surface area (Å²) in [6.45, 7) is 8.06. The van der Waals surface area contributed by atoms with Gasteiger partial charge in [-0.25, -0.2) is 4.98 Å². The molecule has 19 heavy (non-hydrogen) atoms. The summed E-state index contributed by atoms with van der Waals surface area (Å²) in [5.74, 6) is 1.04. The number of aromatic nitrogens is 2. The molecule has 0 atom stereocenters. The van der Waals surface area contributed by atoms with Gasteiger partial charge >= 0.3 is 0 Å². The Balaban J connectivity index is 2.06. The van der Waals surface area contributed by atoms with Crippen molar-refractivity contribution >= 4 is 16.7 Å². The summed E-state index contributed by atoms with van der Waals surface area (Å²) in [5.41, 5.74) is 9.27. The van der Waals surface area contributed by atoms with E-state index in [1.54, 1.807) is 0 Å². The highest BCUT2D eigenvalue weighted by Gasteiger charge is 2.14. The van der Waals surface area contributed by atoms with Gasteiger partial charge in [-0.3, -0.25) is 0 Å². The van der Waals surface area contributed by atoms with Crippen molar-refractivity contribution in [2.24, 2.45) is 18.2 Å². The second-order valence-electron chi connectivity index (χ2n) is 5.97. The lowest BCUT2D eigenvalue weighted by molar-refractivity contribution is 0.358. The fourth-order valence-electron chi connectivity index (χ4n) is 2.08. The molecular formula is C15H24N4. The summed E-state index contributed by atoms with van der Waals surface area (Å²) in [4.78, 5) is 4.55. The molecule has 104 valence electrons.